The Morgan fingerprint density at radius 1 is 1.30 bits per heavy atom. The van der Waals surface area contributed by atoms with Crippen LogP contribution >= 0.6 is 11.6 Å². The Kier molecular flexibility index (Phi) is 4.92. The maximum Gasteiger partial charge on any atom is 0.153 e. The van der Waals surface area contributed by atoms with Crippen molar-refractivity contribution in [3.8, 4) is 11.3 Å². The van der Waals surface area contributed by atoms with Gasteiger partial charge in [-0.3, -0.25) is 5.10 Å². The number of halogens is 1. The lowest BCUT2D eigenvalue weighted by molar-refractivity contribution is 0.0975. The summed E-state index contributed by atoms with van der Waals surface area (Å²) in [6.45, 7) is 6.59. The highest BCUT2D eigenvalue weighted by Crippen LogP contribution is 2.43. The van der Waals surface area contributed by atoms with Crippen LogP contribution in [0.5, 0.6) is 0 Å². The number of nitrogens with one attached hydrogen (secondary N) is 1. The molecular formula is C22H26ClN5O2. The van der Waals surface area contributed by atoms with Gasteiger partial charge < -0.3 is 14.7 Å². The number of hydrogen-bond acceptors (Lipinski definition) is 6. The van der Waals surface area contributed by atoms with Crippen molar-refractivity contribution in [3.05, 3.63) is 34.7 Å². The molecule has 3 aromatic rings. The van der Waals surface area contributed by atoms with Crippen LogP contribution in [0.25, 0.3) is 22.2 Å². The Morgan fingerprint density at radius 2 is 2.10 bits per heavy atom. The number of fused-ring (bicyclic) bond motifs is 1. The number of rotatable bonds is 3. The predicted molar refractivity (Wildman–Crippen MR) is 117 cm³/mol. The number of aryl methyl sites for hydroxylation is 1. The number of H-pyrrole nitrogens is 1. The van der Waals surface area contributed by atoms with E-state index in [-0.39, 0.29) is 6.61 Å². The molecule has 1 atom stereocenters. The third-order valence-corrected chi connectivity index (χ3v) is 6.88. The lowest BCUT2D eigenvalue weighted by Gasteiger charge is -2.39. The van der Waals surface area contributed by atoms with E-state index in [1.165, 1.54) is 0 Å². The van der Waals surface area contributed by atoms with Crippen LogP contribution in [-0.2, 0) is 11.3 Å². The number of ether oxygens (including phenoxy) is 1. The minimum Gasteiger partial charge on any atom is -0.390 e. The van der Waals surface area contributed by atoms with Gasteiger partial charge in [-0.05, 0) is 50.7 Å². The van der Waals surface area contributed by atoms with E-state index in [4.69, 9.17) is 26.3 Å². The summed E-state index contributed by atoms with van der Waals surface area (Å²) in [6.07, 6.45) is 5.37. The maximum absolute atomic E-state index is 10.1. The fraction of sp³-hybridized carbons (Fsp3) is 0.500. The van der Waals surface area contributed by atoms with Crippen molar-refractivity contribution in [2.45, 2.75) is 45.8 Å². The monoisotopic (exact) mass is 427 g/mol. The minimum absolute atomic E-state index is 0.165. The van der Waals surface area contributed by atoms with E-state index in [1.54, 1.807) is 6.20 Å². The zero-order chi connectivity index (χ0) is 20.9. The molecule has 0 bridgehead atoms. The van der Waals surface area contributed by atoms with Gasteiger partial charge in [-0.1, -0.05) is 11.6 Å². The Morgan fingerprint density at radius 3 is 2.80 bits per heavy atom. The predicted octanol–water partition coefficient (Wildman–Crippen LogP) is 3.87. The van der Waals surface area contributed by atoms with Crippen molar-refractivity contribution in [2.75, 3.05) is 24.6 Å². The summed E-state index contributed by atoms with van der Waals surface area (Å²) in [4.78, 5) is 11.9. The number of benzene rings is 1. The van der Waals surface area contributed by atoms with Crippen molar-refractivity contribution in [2.24, 2.45) is 5.41 Å². The molecule has 4 heterocycles. The van der Waals surface area contributed by atoms with E-state index in [0.717, 1.165) is 66.9 Å². The largest absolute Gasteiger partial charge is 0.390 e. The first-order valence-electron chi connectivity index (χ1n) is 10.5. The summed E-state index contributed by atoms with van der Waals surface area (Å²) in [5.41, 5.74) is 4.04. The molecule has 0 amide bonds. The number of aromatic nitrogens is 4. The van der Waals surface area contributed by atoms with Crippen LogP contribution in [0.1, 0.15) is 37.6 Å². The van der Waals surface area contributed by atoms with Crippen molar-refractivity contribution >= 4 is 28.3 Å². The van der Waals surface area contributed by atoms with E-state index in [1.807, 2.05) is 19.1 Å². The summed E-state index contributed by atoms with van der Waals surface area (Å²) in [7, 11) is 0. The number of aromatic amines is 1. The molecule has 30 heavy (non-hydrogen) atoms. The Bertz CT molecular complexity index is 1090. The number of piperidine rings is 1. The number of hydrogen-bond donors (Lipinski definition) is 2. The molecule has 5 rings (SSSR count). The van der Waals surface area contributed by atoms with Crippen LogP contribution in [0.15, 0.2) is 18.3 Å². The lowest BCUT2D eigenvalue weighted by atomic mass is 9.77. The average molecular weight is 428 g/mol. The van der Waals surface area contributed by atoms with Gasteiger partial charge >= 0.3 is 0 Å². The van der Waals surface area contributed by atoms with Gasteiger partial charge in [0.2, 0.25) is 0 Å². The molecular weight excluding hydrogens is 402 g/mol. The van der Waals surface area contributed by atoms with Crippen LogP contribution in [0.3, 0.4) is 0 Å². The van der Waals surface area contributed by atoms with E-state index >= 15 is 0 Å². The summed E-state index contributed by atoms with van der Waals surface area (Å²) in [5.74, 6) is 0.777. The van der Waals surface area contributed by atoms with Crippen LogP contribution in [0.4, 0.5) is 5.82 Å². The Labute approximate surface area is 180 Å². The second kappa shape index (κ2) is 7.48. The smallest absolute Gasteiger partial charge is 0.153 e. The van der Waals surface area contributed by atoms with Crippen molar-refractivity contribution in [1.29, 1.82) is 0 Å². The molecule has 2 saturated heterocycles. The molecule has 2 aliphatic heterocycles. The molecule has 8 heteroatoms. The Balaban J connectivity index is 1.46. The summed E-state index contributed by atoms with van der Waals surface area (Å²) in [5, 5.41) is 18.6. The molecule has 1 spiro atoms. The van der Waals surface area contributed by atoms with Crippen LogP contribution in [-0.4, -0.2) is 51.1 Å². The SMILES string of the molecule is Cc1nc(N2CCC3(CC2)CO[C@@H](C)C3)c(CO)nc1-c1cc2[nH]ncc2cc1Cl. The highest BCUT2D eigenvalue weighted by atomic mass is 35.5. The molecule has 2 aliphatic rings. The molecule has 2 aromatic heterocycles. The normalized spacial score (nSPS) is 21.1. The third-order valence-electron chi connectivity index (χ3n) is 6.57. The van der Waals surface area contributed by atoms with Gasteiger partial charge in [-0.2, -0.15) is 5.10 Å². The minimum atomic E-state index is -0.165. The van der Waals surface area contributed by atoms with Gasteiger partial charge in [0, 0.05) is 24.0 Å². The standard InChI is InChI=1S/C22H26ClN5O2/c1-13-9-22(12-30-13)3-5-28(6-4-22)21-19(11-29)26-20(14(2)25-21)16-8-18-15(7-17(16)23)10-24-27-18/h7-8,10,13,29H,3-6,9,11-12H2,1-2H3,(H,24,27)/t13-/m0/s1. The number of aliphatic hydroxyl groups excluding tert-OH is 1. The topological polar surface area (TPSA) is 87.2 Å². The fourth-order valence-electron chi connectivity index (χ4n) is 4.89. The highest BCUT2D eigenvalue weighted by molar-refractivity contribution is 6.34. The quantitative estimate of drug-likeness (QED) is 0.659. The molecule has 158 valence electrons. The fourth-order valence-corrected chi connectivity index (χ4v) is 5.15. The Hall–Kier alpha value is -2.22. The summed E-state index contributed by atoms with van der Waals surface area (Å²) >= 11 is 6.54. The van der Waals surface area contributed by atoms with E-state index in [2.05, 4.69) is 22.0 Å². The van der Waals surface area contributed by atoms with Crippen molar-refractivity contribution in [3.63, 3.8) is 0 Å². The van der Waals surface area contributed by atoms with Gasteiger partial charge in [0.25, 0.3) is 0 Å². The molecule has 1 aromatic carbocycles. The molecule has 2 fully saturated rings. The van der Waals surface area contributed by atoms with Crippen molar-refractivity contribution in [1.82, 2.24) is 20.2 Å². The lowest BCUT2D eigenvalue weighted by Crippen LogP contribution is -2.41. The number of aliphatic hydroxyl groups is 1. The second-order valence-corrected chi connectivity index (χ2v) is 9.10. The first-order chi connectivity index (χ1) is 14.5. The maximum atomic E-state index is 10.1. The highest BCUT2D eigenvalue weighted by Gasteiger charge is 2.41. The molecule has 7 nitrogen and oxygen atoms in total. The molecule has 0 unspecified atom stereocenters. The number of anilines is 1. The van der Waals surface area contributed by atoms with E-state index < -0.39 is 0 Å². The van der Waals surface area contributed by atoms with Gasteiger partial charge in [0.15, 0.2) is 5.82 Å². The molecule has 0 saturated carbocycles. The first kappa shape index (κ1) is 19.7. The first-order valence-corrected chi connectivity index (χ1v) is 10.8. The van der Waals surface area contributed by atoms with E-state index in [9.17, 15) is 5.11 Å². The molecule has 0 aliphatic carbocycles. The summed E-state index contributed by atoms with van der Waals surface area (Å²) < 4.78 is 5.85. The van der Waals surface area contributed by atoms with Crippen LogP contribution in [0, 0.1) is 12.3 Å². The molecule has 0 radical (unpaired) electrons. The van der Waals surface area contributed by atoms with Crippen LogP contribution in [0.2, 0.25) is 5.02 Å². The van der Waals surface area contributed by atoms with Gasteiger partial charge in [-0.15, -0.1) is 0 Å². The molecule has 2 N–H and O–H groups in total. The van der Waals surface area contributed by atoms with Crippen LogP contribution < -0.4 is 4.90 Å². The van der Waals surface area contributed by atoms with Gasteiger partial charge in [0.1, 0.15) is 5.69 Å². The summed E-state index contributed by atoms with van der Waals surface area (Å²) in [6, 6.07) is 3.81. The number of nitrogens with zero attached hydrogens (tertiary/aromatic N) is 4. The van der Waals surface area contributed by atoms with Crippen molar-refractivity contribution < 1.29 is 9.84 Å². The van der Waals surface area contributed by atoms with Gasteiger partial charge in [-0.25, -0.2) is 9.97 Å². The second-order valence-electron chi connectivity index (χ2n) is 8.69. The zero-order valence-corrected chi connectivity index (χ0v) is 18.0. The van der Waals surface area contributed by atoms with Gasteiger partial charge in [0.05, 0.1) is 47.4 Å². The van der Waals surface area contributed by atoms with E-state index in [0.29, 0.717) is 27.9 Å². The average Bonchev–Trinajstić information content (AvgIpc) is 3.34. The third kappa shape index (κ3) is 3.35. The zero-order valence-electron chi connectivity index (χ0n) is 17.3.